The summed E-state index contributed by atoms with van der Waals surface area (Å²) in [5.41, 5.74) is 7.93. The zero-order valence-corrected chi connectivity index (χ0v) is 16.4. The number of benzene rings is 1. The van der Waals surface area contributed by atoms with E-state index >= 15 is 0 Å². The minimum absolute atomic E-state index is 0. The molecule has 1 heterocycles. The van der Waals surface area contributed by atoms with Crippen molar-refractivity contribution in [1.29, 1.82) is 0 Å². The lowest BCUT2D eigenvalue weighted by molar-refractivity contribution is -0.133. The number of rotatable bonds is 8. The molecule has 5 heteroatoms. The first-order valence-corrected chi connectivity index (χ1v) is 9.25. The van der Waals surface area contributed by atoms with E-state index in [9.17, 15) is 4.79 Å². The van der Waals surface area contributed by atoms with Crippen molar-refractivity contribution in [1.82, 2.24) is 4.90 Å². The molecule has 1 fully saturated rings. The molecule has 4 nitrogen and oxygen atoms in total. The summed E-state index contributed by atoms with van der Waals surface area (Å²) in [5.74, 6) is 0.887. The molecule has 2 rings (SSSR count). The van der Waals surface area contributed by atoms with Crippen molar-refractivity contribution in [2.24, 2.45) is 11.7 Å². The smallest absolute Gasteiger partial charge is 0.226 e. The molecule has 142 valence electrons. The molecular weight excluding hydrogens is 336 g/mol. The van der Waals surface area contributed by atoms with Gasteiger partial charge in [0.25, 0.3) is 0 Å². The van der Waals surface area contributed by atoms with Crippen LogP contribution in [0.2, 0.25) is 0 Å². The molecule has 1 saturated heterocycles. The first kappa shape index (κ1) is 21.9. The zero-order valence-electron chi connectivity index (χ0n) is 15.6. The Bertz CT molecular complexity index is 497. The summed E-state index contributed by atoms with van der Waals surface area (Å²) in [4.78, 5) is 14.4. The van der Waals surface area contributed by atoms with Crippen LogP contribution in [0.4, 0.5) is 0 Å². The van der Waals surface area contributed by atoms with E-state index in [1.165, 1.54) is 5.56 Å². The third-order valence-corrected chi connectivity index (χ3v) is 4.52. The lowest BCUT2D eigenvalue weighted by atomic mass is 10.0. The maximum atomic E-state index is 12.5. The van der Waals surface area contributed by atoms with Gasteiger partial charge in [0, 0.05) is 19.7 Å². The van der Waals surface area contributed by atoms with Gasteiger partial charge in [0.05, 0.1) is 12.5 Å². The van der Waals surface area contributed by atoms with Crippen LogP contribution in [-0.4, -0.2) is 43.2 Å². The summed E-state index contributed by atoms with van der Waals surface area (Å²) in [6.07, 6.45) is 4.65. The number of likely N-dealkylation sites (tertiary alicyclic amines) is 1. The highest BCUT2D eigenvalue weighted by atomic mass is 35.5. The molecule has 0 bridgehead atoms. The van der Waals surface area contributed by atoms with Crippen LogP contribution in [0, 0.1) is 5.92 Å². The average Bonchev–Trinajstić information content (AvgIpc) is 2.57. The van der Waals surface area contributed by atoms with Gasteiger partial charge in [-0.1, -0.05) is 38.1 Å². The molecule has 0 atom stereocenters. The Morgan fingerprint density at radius 1 is 1.20 bits per heavy atom. The third kappa shape index (κ3) is 7.76. The van der Waals surface area contributed by atoms with Crippen molar-refractivity contribution in [2.45, 2.75) is 52.1 Å². The molecule has 25 heavy (non-hydrogen) atoms. The fraction of sp³-hybridized carbons (Fsp3) is 0.650. The molecule has 0 aliphatic carbocycles. The van der Waals surface area contributed by atoms with Gasteiger partial charge in [-0.2, -0.15) is 0 Å². The number of hydrogen-bond acceptors (Lipinski definition) is 3. The van der Waals surface area contributed by atoms with Crippen LogP contribution in [0.1, 0.15) is 44.2 Å². The molecule has 1 aliphatic rings. The summed E-state index contributed by atoms with van der Waals surface area (Å²) in [6.45, 7) is 7.46. The summed E-state index contributed by atoms with van der Waals surface area (Å²) < 4.78 is 5.80. The Morgan fingerprint density at radius 3 is 2.36 bits per heavy atom. The zero-order chi connectivity index (χ0) is 17.4. The lowest BCUT2D eigenvalue weighted by Crippen LogP contribution is -2.41. The van der Waals surface area contributed by atoms with E-state index < -0.39 is 0 Å². The maximum absolute atomic E-state index is 12.5. The monoisotopic (exact) mass is 368 g/mol. The molecule has 1 amide bonds. The minimum Gasteiger partial charge on any atom is -0.378 e. The molecule has 0 radical (unpaired) electrons. The van der Waals surface area contributed by atoms with Crippen LogP contribution in [0.15, 0.2) is 24.3 Å². The number of halogens is 1. The number of nitrogens with two attached hydrogens (primary N) is 1. The summed E-state index contributed by atoms with van der Waals surface area (Å²) >= 11 is 0. The van der Waals surface area contributed by atoms with Crippen molar-refractivity contribution in [3.63, 3.8) is 0 Å². The van der Waals surface area contributed by atoms with Crippen molar-refractivity contribution < 1.29 is 9.53 Å². The van der Waals surface area contributed by atoms with Crippen LogP contribution in [-0.2, 0) is 22.4 Å². The van der Waals surface area contributed by atoms with Crippen molar-refractivity contribution in [3.05, 3.63) is 35.4 Å². The second-order valence-corrected chi connectivity index (χ2v) is 7.18. The average molecular weight is 369 g/mol. The molecule has 0 spiro atoms. The van der Waals surface area contributed by atoms with Crippen molar-refractivity contribution in [3.8, 4) is 0 Å². The quantitative estimate of drug-likeness (QED) is 0.717. The second-order valence-electron chi connectivity index (χ2n) is 7.18. The largest absolute Gasteiger partial charge is 0.378 e. The molecule has 1 aliphatic heterocycles. The molecular formula is C20H33ClN2O2. The van der Waals surface area contributed by atoms with Crippen LogP contribution in [0.25, 0.3) is 0 Å². The van der Waals surface area contributed by atoms with E-state index in [0.29, 0.717) is 18.9 Å². The highest BCUT2D eigenvalue weighted by Crippen LogP contribution is 2.16. The number of carbonyl (C=O) groups excluding carboxylic acids is 1. The SMILES string of the molecule is CC(C)Cc1ccc(CC(=O)N2CCC(OCCCN)CC2)cc1.Cl. The van der Waals surface area contributed by atoms with Gasteiger partial charge in [0.15, 0.2) is 0 Å². The van der Waals surface area contributed by atoms with Crippen LogP contribution >= 0.6 is 12.4 Å². The van der Waals surface area contributed by atoms with Gasteiger partial charge in [0.1, 0.15) is 0 Å². The van der Waals surface area contributed by atoms with E-state index in [1.54, 1.807) is 0 Å². The van der Waals surface area contributed by atoms with Gasteiger partial charge in [0.2, 0.25) is 5.91 Å². The van der Waals surface area contributed by atoms with Gasteiger partial charge < -0.3 is 15.4 Å². The number of amides is 1. The Labute approximate surface area is 158 Å². The number of ether oxygens (including phenoxy) is 1. The Kier molecular flexibility index (Phi) is 10.1. The molecule has 0 saturated carbocycles. The molecule has 1 aromatic carbocycles. The van der Waals surface area contributed by atoms with Gasteiger partial charge in [-0.15, -0.1) is 12.4 Å². The Balaban J connectivity index is 0.00000312. The van der Waals surface area contributed by atoms with E-state index in [-0.39, 0.29) is 24.4 Å². The van der Waals surface area contributed by atoms with Gasteiger partial charge in [-0.05, 0) is 49.3 Å². The number of hydrogen-bond donors (Lipinski definition) is 1. The second kappa shape index (κ2) is 11.5. The minimum atomic E-state index is 0. The van der Waals surface area contributed by atoms with E-state index in [4.69, 9.17) is 10.5 Å². The summed E-state index contributed by atoms with van der Waals surface area (Å²) in [6, 6.07) is 8.50. The highest BCUT2D eigenvalue weighted by Gasteiger charge is 2.23. The van der Waals surface area contributed by atoms with Gasteiger partial charge in [-0.3, -0.25) is 4.79 Å². The first-order chi connectivity index (χ1) is 11.6. The van der Waals surface area contributed by atoms with E-state index in [2.05, 4.69) is 38.1 Å². The van der Waals surface area contributed by atoms with E-state index in [0.717, 1.165) is 50.9 Å². The predicted molar refractivity (Wildman–Crippen MR) is 105 cm³/mol. The summed E-state index contributed by atoms with van der Waals surface area (Å²) in [5, 5.41) is 0. The standard InChI is InChI=1S/C20H32N2O2.ClH/c1-16(2)14-17-4-6-18(7-5-17)15-20(23)22-11-8-19(9-12-22)24-13-3-10-21;/h4-7,16,19H,3,8-15,21H2,1-2H3;1H. The number of carbonyl (C=O) groups is 1. The highest BCUT2D eigenvalue weighted by molar-refractivity contribution is 5.85. The number of piperidine rings is 1. The fourth-order valence-corrected chi connectivity index (χ4v) is 3.16. The van der Waals surface area contributed by atoms with Crippen LogP contribution in [0.3, 0.4) is 0 Å². The lowest BCUT2D eigenvalue weighted by Gasteiger charge is -2.32. The maximum Gasteiger partial charge on any atom is 0.226 e. The normalized spacial score (nSPS) is 15.3. The van der Waals surface area contributed by atoms with E-state index in [1.807, 2.05) is 4.90 Å². The summed E-state index contributed by atoms with van der Waals surface area (Å²) in [7, 11) is 0. The third-order valence-electron chi connectivity index (χ3n) is 4.52. The van der Waals surface area contributed by atoms with Crippen LogP contribution < -0.4 is 5.73 Å². The van der Waals surface area contributed by atoms with Crippen molar-refractivity contribution in [2.75, 3.05) is 26.2 Å². The predicted octanol–water partition coefficient (Wildman–Crippen LogP) is 3.21. The Hall–Kier alpha value is -1.10. The topological polar surface area (TPSA) is 55.6 Å². The molecule has 2 N–H and O–H groups in total. The van der Waals surface area contributed by atoms with Crippen LogP contribution in [0.5, 0.6) is 0 Å². The van der Waals surface area contributed by atoms with Gasteiger partial charge >= 0.3 is 0 Å². The van der Waals surface area contributed by atoms with Gasteiger partial charge in [-0.25, -0.2) is 0 Å². The first-order valence-electron chi connectivity index (χ1n) is 9.25. The Morgan fingerprint density at radius 2 is 1.80 bits per heavy atom. The van der Waals surface area contributed by atoms with Crippen molar-refractivity contribution >= 4 is 18.3 Å². The number of nitrogens with zero attached hydrogens (tertiary/aromatic N) is 1. The fourth-order valence-electron chi connectivity index (χ4n) is 3.16. The molecule has 0 aromatic heterocycles. The molecule has 1 aromatic rings. The molecule has 0 unspecified atom stereocenters.